The van der Waals surface area contributed by atoms with E-state index in [1.807, 2.05) is 58.0 Å². The summed E-state index contributed by atoms with van der Waals surface area (Å²) in [5, 5.41) is 3.74. The van der Waals surface area contributed by atoms with E-state index in [0.717, 1.165) is 9.87 Å². The topological polar surface area (TPSA) is 96.0 Å². The summed E-state index contributed by atoms with van der Waals surface area (Å²) in [5.74, 6) is -0.437. The second-order valence-electron chi connectivity index (χ2n) is 12.0. The smallest absolute Gasteiger partial charge is 0.264 e. The summed E-state index contributed by atoms with van der Waals surface area (Å²) in [6, 6.07) is 27.6. The molecule has 0 heterocycles. The van der Waals surface area contributed by atoms with E-state index in [1.165, 1.54) is 17.0 Å². The molecule has 0 saturated heterocycles. The Morgan fingerprint density at radius 3 is 2.06 bits per heavy atom. The van der Waals surface area contributed by atoms with Crippen LogP contribution >= 0.6 is 23.2 Å². The van der Waals surface area contributed by atoms with Gasteiger partial charge < -0.3 is 15.0 Å². The molecule has 0 radical (unpaired) electrons. The van der Waals surface area contributed by atoms with Crippen LogP contribution in [0.1, 0.15) is 38.8 Å². The molecular weight excluding hydrogens is 657 g/mol. The van der Waals surface area contributed by atoms with Crippen LogP contribution in [0.25, 0.3) is 0 Å². The molecule has 11 heteroatoms. The maximum absolute atomic E-state index is 14.6. The highest BCUT2D eigenvalue weighted by molar-refractivity contribution is 7.92. The Hall–Kier alpha value is -4.05. The van der Waals surface area contributed by atoms with Crippen molar-refractivity contribution in [2.45, 2.75) is 57.1 Å². The van der Waals surface area contributed by atoms with Crippen molar-refractivity contribution in [1.29, 1.82) is 0 Å². The quantitative estimate of drug-likeness (QED) is 0.160. The van der Waals surface area contributed by atoms with E-state index in [9.17, 15) is 18.0 Å². The molecule has 0 spiro atoms. The van der Waals surface area contributed by atoms with E-state index < -0.39 is 40.0 Å². The summed E-state index contributed by atoms with van der Waals surface area (Å²) in [6.07, 6.45) is 0.175. The van der Waals surface area contributed by atoms with Gasteiger partial charge in [-0.25, -0.2) is 8.42 Å². The largest absolute Gasteiger partial charge is 0.494 e. The molecule has 0 aromatic heterocycles. The number of carbonyl (C=O) groups excluding carboxylic acids is 2. The summed E-state index contributed by atoms with van der Waals surface area (Å²) in [7, 11) is -4.23. The lowest BCUT2D eigenvalue weighted by atomic mass is 10.0. The van der Waals surface area contributed by atoms with Crippen LogP contribution in [-0.4, -0.2) is 49.9 Å². The number of carbonyl (C=O) groups is 2. The van der Waals surface area contributed by atoms with Crippen LogP contribution in [0.2, 0.25) is 10.0 Å². The van der Waals surface area contributed by atoms with Gasteiger partial charge >= 0.3 is 0 Å². The van der Waals surface area contributed by atoms with Crippen LogP contribution < -0.4 is 14.4 Å². The Bertz CT molecular complexity index is 1760. The first-order valence-corrected chi connectivity index (χ1v) is 17.4. The molecule has 4 aromatic rings. The Balaban J connectivity index is 1.83. The molecule has 0 aliphatic carbocycles. The normalized spacial score (nSPS) is 12.2. The second kappa shape index (κ2) is 15.7. The lowest BCUT2D eigenvalue weighted by Gasteiger charge is -2.35. The predicted molar refractivity (Wildman–Crippen MR) is 187 cm³/mol. The van der Waals surface area contributed by atoms with Gasteiger partial charge in [-0.15, -0.1) is 0 Å². The number of nitrogens with zero attached hydrogens (tertiary/aromatic N) is 2. The molecule has 0 aliphatic heterocycles. The number of benzene rings is 4. The van der Waals surface area contributed by atoms with Crippen LogP contribution in [0.15, 0.2) is 108 Å². The Morgan fingerprint density at radius 1 is 0.872 bits per heavy atom. The molecule has 0 fully saturated rings. The Labute approximate surface area is 287 Å². The zero-order valence-corrected chi connectivity index (χ0v) is 29.1. The van der Waals surface area contributed by atoms with E-state index in [0.29, 0.717) is 28.0 Å². The third kappa shape index (κ3) is 9.73. The van der Waals surface area contributed by atoms with Gasteiger partial charge in [-0.1, -0.05) is 77.8 Å². The van der Waals surface area contributed by atoms with E-state index in [2.05, 4.69) is 5.32 Å². The summed E-state index contributed by atoms with van der Waals surface area (Å²) < 4.78 is 34.9. The number of amides is 2. The Morgan fingerprint density at radius 2 is 1.49 bits per heavy atom. The summed E-state index contributed by atoms with van der Waals surface area (Å²) in [4.78, 5) is 30.0. The predicted octanol–water partition coefficient (Wildman–Crippen LogP) is 7.14. The van der Waals surface area contributed by atoms with E-state index in [4.69, 9.17) is 27.9 Å². The maximum Gasteiger partial charge on any atom is 0.264 e. The molecule has 4 aromatic carbocycles. The standard InChI is InChI=1S/C36H39Cl2N3O5S/c1-5-46-30-20-18-29(19-21-30)41(47(44,45)31-14-10-7-11-15-31)25-34(42)40(24-27-16-17-28(37)23-32(27)38)33(35(43)39-36(2,3)4)22-26-12-8-6-9-13-26/h6-21,23,33H,5,22,24-25H2,1-4H3,(H,39,43). The number of anilines is 1. The molecule has 0 bridgehead atoms. The molecule has 1 atom stereocenters. The summed E-state index contributed by atoms with van der Waals surface area (Å²) >= 11 is 12.8. The van der Waals surface area contributed by atoms with E-state index in [-0.39, 0.29) is 23.5 Å². The highest BCUT2D eigenvalue weighted by atomic mass is 35.5. The summed E-state index contributed by atoms with van der Waals surface area (Å²) in [6.45, 7) is 7.18. The van der Waals surface area contributed by atoms with Crippen molar-refractivity contribution in [2.75, 3.05) is 17.5 Å². The third-order valence-electron chi connectivity index (χ3n) is 7.17. The Kier molecular flexibility index (Phi) is 12.0. The van der Waals surface area contributed by atoms with Crippen molar-refractivity contribution in [3.63, 3.8) is 0 Å². The van der Waals surface area contributed by atoms with Gasteiger partial charge in [0.05, 0.1) is 17.2 Å². The van der Waals surface area contributed by atoms with Crippen LogP contribution in [0.3, 0.4) is 0 Å². The van der Waals surface area contributed by atoms with Gasteiger partial charge in [0.25, 0.3) is 10.0 Å². The first-order valence-electron chi connectivity index (χ1n) is 15.2. The van der Waals surface area contributed by atoms with Crippen LogP contribution in [-0.2, 0) is 32.6 Å². The SMILES string of the molecule is CCOc1ccc(N(CC(=O)N(Cc2ccc(Cl)cc2Cl)C(Cc2ccccc2)C(=O)NC(C)(C)C)S(=O)(=O)c2ccccc2)cc1. The molecule has 0 aliphatic rings. The number of halogens is 2. The minimum absolute atomic E-state index is 0.0142. The van der Waals surface area contributed by atoms with Gasteiger partial charge in [0.2, 0.25) is 11.8 Å². The number of nitrogens with one attached hydrogen (secondary N) is 1. The van der Waals surface area contributed by atoms with Crippen molar-refractivity contribution >= 4 is 50.7 Å². The van der Waals surface area contributed by atoms with Gasteiger partial charge in [0.15, 0.2) is 0 Å². The number of sulfonamides is 1. The monoisotopic (exact) mass is 695 g/mol. The first kappa shape index (κ1) is 35.8. The van der Waals surface area contributed by atoms with Gasteiger partial charge in [0, 0.05) is 28.5 Å². The van der Waals surface area contributed by atoms with Crippen LogP contribution in [0.5, 0.6) is 5.75 Å². The molecule has 0 saturated carbocycles. The maximum atomic E-state index is 14.6. The van der Waals surface area contributed by atoms with Crippen molar-refractivity contribution in [2.24, 2.45) is 0 Å². The molecule has 8 nitrogen and oxygen atoms in total. The molecule has 47 heavy (non-hydrogen) atoms. The molecule has 1 N–H and O–H groups in total. The van der Waals surface area contributed by atoms with Crippen LogP contribution in [0, 0.1) is 0 Å². The minimum Gasteiger partial charge on any atom is -0.494 e. The van der Waals surface area contributed by atoms with Gasteiger partial charge in [-0.2, -0.15) is 0 Å². The van der Waals surface area contributed by atoms with Crippen LogP contribution in [0.4, 0.5) is 5.69 Å². The summed E-state index contributed by atoms with van der Waals surface area (Å²) in [5.41, 5.74) is 1.02. The van der Waals surface area contributed by atoms with Crippen molar-refractivity contribution in [1.82, 2.24) is 10.2 Å². The third-order valence-corrected chi connectivity index (χ3v) is 9.55. The van der Waals surface area contributed by atoms with E-state index in [1.54, 1.807) is 60.7 Å². The molecule has 248 valence electrons. The average molecular weight is 697 g/mol. The van der Waals surface area contributed by atoms with Crippen molar-refractivity contribution in [3.8, 4) is 5.75 Å². The molecule has 2 amide bonds. The zero-order chi connectivity index (χ0) is 34.2. The molecule has 1 unspecified atom stereocenters. The fourth-order valence-corrected chi connectivity index (χ4v) is 6.87. The number of hydrogen-bond acceptors (Lipinski definition) is 5. The second-order valence-corrected chi connectivity index (χ2v) is 14.7. The number of ether oxygens (including phenoxy) is 1. The fourth-order valence-electron chi connectivity index (χ4n) is 4.96. The lowest BCUT2D eigenvalue weighted by molar-refractivity contribution is -0.140. The molecule has 4 rings (SSSR count). The fraction of sp³-hybridized carbons (Fsp3) is 0.278. The highest BCUT2D eigenvalue weighted by Gasteiger charge is 2.36. The zero-order valence-electron chi connectivity index (χ0n) is 26.8. The van der Waals surface area contributed by atoms with Crippen molar-refractivity contribution < 1.29 is 22.7 Å². The average Bonchev–Trinajstić information content (AvgIpc) is 3.03. The molecular formula is C36H39Cl2N3O5S. The highest BCUT2D eigenvalue weighted by Crippen LogP contribution is 2.28. The van der Waals surface area contributed by atoms with Gasteiger partial charge in [-0.3, -0.25) is 13.9 Å². The van der Waals surface area contributed by atoms with Gasteiger partial charge in [0.1, 0.15) is 18.3 Å². The lowest BCUT2D eigenvalue weighted by Crippen LogP contribution is -2.56. The minimum atomic E-state index is -4.23. The van der Waals surface area contributed by atoms with Crippen molar-refractivity contribution in [3.05, 3.63) is 124 Å². The number of rotatable bonds is 13. The number of hydrogen-bond donors (Lipinski definition) is 1. The first-order chi connectivity index (χ1) is 22.3. The van der Waals surface area contributed by atoms with E-state index >= 15 is 0 Å². The van der Waals surface area contributed by atoms with Gasteiger partial charge in [-0.05, 0) is 87.4 Å².